The van der Waals surface area contributed by atoms with Crippen LogP contribution in [0, 0.1) is 6.92 Å². The lowest BCUT2D eigenvalue weighted by molar-refractivity contribution is -0.00546. The number of rotatable bonds is 2. The Bertz CT molecular complexity index is 607. The van der Waals surface area contributed by atoms with Crippen molar-refractivity contribution in [2.24, 2.45) is 0 Å². The molecular formula is C16H20N4O. The SMILES string of the molecule is Cc1cc(N2CC(C)OC(C)C2)nc(-c2ccncc2)n1. The Balaban J connectivity index is 1.94. The highest BCUT2D eigenvalue weighted by molar-refractivity contribution is 5.57. The molecule has 5 nitrogen and oxygen atoms in total. The lowest BCUT2D eigenvalue weighted by atomic mass is 10.2. The van der Waals surface area contributed by atoms with Gasteiger partial charge >= 0.3 is 0 Å². The van der Waals surface area contributed by atoms with Crippen molar-refractivity contribution in [2.45, 2.75) is 33.0 Å². The molecule has 0 N–H and O–H groups in total. The third kappa shape index (κ3) is 3.19. The average Bonchev–Trinajstić information content (AvgIpc) is 2.46. The molecule has 2 unspecified atom stereocenters. The lowest BCUT2D eigenvalue weighted by Gasteiger charge is -2.36. The fourth-order valence-electron chi connectivity index (χ4n) is 2.71. The summed E-state index contributed by atoms with van der Waals surface area (Å²) in [5.74, 6) is 1.72. The lowest BCUT2D eigenvalue weighted by Crippen LogP contribution is -2.45. The second-order valence-electron chi connectivity index (χ2n) is 5.59. The molecule has 3 rings (SSSR count). The predicted octanol–water partition coefficient (Wildman–Crippen LogP) is 2.46. The minimum atomic E-state index is 0.216. The summed E-state index contributed by atoms with van der Waals surface area (Å²) in [4.78, 5) is 15.6. The van der Waals surface area contributed by atoms with Crippen LogP contribution in [-0.4, -0.2) is 40.2 Å². The molecule has 110 valence electrons. The maximum atomic E-state index is 5.79. The third-order valence-corrected chi connectivity index (χ3v) is 3.52. The summed E-state index contributed by atoms with van der Waals surface area (Å²) < 4.78 is 5.79. The molecule has 0 aliphatic carbocycles. The molecule has 5 heteroatoms. The molecule has 0 saturated carbocycles. The number of pyridine rings is 1. The van der Waals surface area contributed by atoms with Gasteiger partial charge in [-0.2, -0.15) is 0 Å². The van der Waals surface area contributed by atoms with Crippen molar-refractivity contribution in [1.29, 1.82) is 0 Å². The monoisotopic (exact) mass is 284 g/mol. The highest BCUT2D eigenvalue weighted by Crippen LogP contribution is 2.22. The maximum Gasteiger partial charge on any atom is 0.161 e. The van der Waals surface area contributed by atoms with Gasteiger partial charge in [0.05, 0.1) is 12.2 Å². The van der Waals surface area contributed by atoms with Gasteiger partial charge in [-0.25, -0.2) is 9.97 Å². The number of anilines is 1. The van der Waals surface area contributed by atoms with Gasteiger partial charge in [0.1, 0.15) is 5.82 Å². The molecule has 21 heavy (non-hydrogen) atoms. The Morgan fingerprint density at radius 1 is 1.10 bits per heavy atom. The van der Waals surface area contributed by atoms with Crippen molar-refractivity contribution in [3.8, 4) is 11.4 Å². The molecule has 0 spiro atoms. The van der Waals surface area contributed by atoms with E-state index in [9.17, 15) is 0 Å². The number of aromatic nitrogens is 3. The predicted molar refractivity (Wildman–Crippen MR) is 82.2 cm³/mol. The number of ether oxygens (including phenoxy) is 1. The zero-order valence-electron chi connectivity index (χ0n) is 12.7. The second kappa shape index (κ2) is 5.77. The summed E-state index contributed by atoms with van der Waals surface area (Å²) in [6, 6.07) is 5.90. The van der Waals surface area contributed by atoms with Crippen LogP contribution in [0.25, 0.3) is 11.4 Å². The number of aryl methyl sites for hydroxylation is 1. The number of hydrogen-bond acceptors (Lipinski definition) is 5. The summed E-state index contributed by atoms with van der Waals surface area (Å²) in [5.41, 5.74) is 1.96. The van der Waals surface area contributed by atoms with Crippen LogP contribution in [0.1, 0.15) is 19.5 Å². The molecule has 0 radical (unpaired) electrons. The van der Waals surface area contributed by atoms with Gasteiger partial charge in [-0.05, 0) is 32.9 Å². The maximum absolute atomic E-state index is 5.79. The van der Waals surface area contributed by atoms with E-state index in [1.807, 2.05) is 25.1 Å². The van der Waals surface area contributed by atoms with E-state index < -0.39 is 0 Å². The minimum Gasteiger partial charge on any atom is -0.372 e. The van der Waals surface area contributed by atoms with Crippen LogP contribution in [0.3, 0.4) is 0 Å². The summed E-state index contributed by atoms with van der Waals surface area (Å²) in [7, 11) is 0. The van der Waals surface area contributed by atoms with Gasteiger partial charge in [-0.3, -0.25) is 4.98 Å². The second-order valence-corrected chi connectivity index (χ2v) is 5.59. The average molecular weight is 284 g/mol. The van der Waals surface area contributed by atoms with Gasteiger partial charge in [0, 0.05) is 42.8 Å². The van der Waals surface area contributed by atoms with Crippen molar-refractivity contribution < 1.29 is 4.74 Å². The Hall–Kier alpha value is -2.01. The van der Waals surface area contributed by atoms with E-state index >= 15 is 0 Å². The molecular weight excluding hydrogens is 264 g/mol. The van der Waals surface area contributed by atoms with Gasteiger partial charge in [0.2, 0.25) is 0 Å². The van der Waals surface area contributed by atoms with Crippen LogP contribution < -0.4 is 4.90 Å². The molecule has 1 saturated heterocycles. The molecule has 2 aromatic heterocycles. The van der Waals surface area contributed by atoms with E-state index in [1.54, 1.807) is 12.4 Å². The quantitative estimate of drug-likeness (QED) is 0.848. The van der Waals surface area contributed by atoms with Crippen LogP contribution >= 0.6 is 0 Å². The highest BCUT2D eigenvalue weighted by Gasteiger charge is 2.23. The molecule has 3 heterocycles. The van der Waals surface area contributed by atoms with Gasteiger partial charge in [0.25, 0.3) is 0 Å². The van der Waals surface area contributed by atoms with E-state index in [0.717, 1.165) is 36.0 Å². The van der Waals surface area contributed by atoms with E-state index in [-0.39, 0.29) is 12.2 Å². The first-order valence-electron chi connectivity index (χ1n) is 7.28. The first-order chi connectivity index (χ1) is 10.1. The van der Waals surface area contributed by atoms with Crippen LogP contribution in [-0.2, 0) is 4.74 Å². The van der Waals surface area contributed by atoms with Gasteiger partial charge in [0.15, 0.2) is 5.82 Å². The van der Waals surface area contributed by atoms with Crippen LogP contribution in [0.2, 0.25) is 0 Å². The summed E-state index contributed by atoms with van der Waals surface area (Å²) >= 11 is 0. The smallest absolute Gasteiger partial charge is 0.161 e. The van der Waals surface area contributed by atoms with Crippen molar-refractivity contribution >= 4 is 5.82 Å². The zero-order chi connectivity index (χ0) is 14.8. The molecule has 1 aliphatic rings. The molecule has 0 aromatic carbocycles. The van der Waals surface area contributed by atoms with Crippen molar-refractivity contribution in [3.05, 3.63) is 36.3 Å². The Morgan fingerprint density at radius 2 is 1.76 bits per heavy atom. The molecule has 2 aromatic rings. The normalized spacial score (nSPS) is 22.3. The summed E-state index contributed by atoms with van der Waals surface area (Å²) in [6.07, 6.45) is 3.96. The Kier molecular flexibility index (Phi) is 3.84. The van der Waals surface area contributed by atoms with E-state index in [2.05, 4.69) is 28.7 Å². The minimum absolute atomic E-state index is 0.216. The molecule has 0 bridgehead atoms. The van der Waals surface area contributed by atoms with E-state index in [1.165, 1.54) is 0 Å². The van der Waals surface area contributed by atoms with Crippen molar-refractivity contribution in [3.63, 3.8) is 0 Å². The first-order valence-corrected chi connectivity index (χ1v) is 7.28. The largest absolute Gasteiger partial charge is 0.372 e. The number of morpholine rings is 1. The molecule has 0 amide bonds. The summed E-state index contributed by atoms with van der Waals surface area (Å²) in [5, 5.41) is 0. The molecule has 1 fully saturated rings. The van der Waals surface area contributed by atoms with Crippen LogP contribution in [0.4, 0.5) is 5.82 Å². The zero-order valence-corrected chi connectivity index (χ0v) is 12.7. The van der Waals surface area contributed by atoms with Crippen molar-refractivity contribution in [1.82, 2.24) is 15.0 Å². The highest BCUT2D eigenvalue weighted by atomic mass is 16.5. The molecule has 1 aliphatic heterocycles. The number of hydrogen-bond donors (Lipinski definition) is 0. The van der Waals surface area contributed by atoms with Gasteiger partial charge in [-0.1, -0.05) is 0 Å². The van der Waals surface area contributed by atoms with E-state index in [0.29, 0.717) is 0 Å². The Labute approximate surface area is 125 Å². The topological polar surface area (TPSA) is 51.1 Å². The Morgan fingerprint density at radius 3 is 2.43 bits per heavy atom. The molecule has 2 atom stereocenters. The van der Waals surface area contributed by atoms with Gasteiger partial charge in [-0.15, -0.1) is 0 Å². The van der Waals surface area contributed by atoms with Gasteiger partial charge < -0.3 is 9.64 Å². The summed E-state index contributed by atoms with van der Waals surface area (Å²) in [6.45, 7) is 7.91. The standard InChI is InChI=1S/C16H20N4O/c1-11-8-15(20-9-12(2)21-13(3)10-20)19-16(18-11)14-4-6-17-7-5-14/h4-8,12-13H,9-10H2,1-3H3. The fraction of sp³-hybridized carbons (Fsp3) is 0.438. The number of nitrogens with zero attached hydrogens (tertiary/aromatic N) is 4. The third-order valence-electron chi connectivity index (χ3n) is 3.52. The van der Waals surface area contributed by atoms with Crippen molar-refractivity contribution in [2.75, 3.05) is 18.0 Å². The van der Waals surface area contributed by atoms with Crippen LogP contribution in [0.15, 0.2) is 30.6 Å². The van der Waals surface area contributed by atoms with Crippen LogP contribution in [0.5, 0.6) is 0 Å². The first kappa shape index (κ1) is 13.9. The fourth-order valence-corrected chi connectivity index (χ4v) is 2.71. The van der Waals surface area contributed by atoms with E-state index in [4.69, 9.17) is 9.72 Å².